The lowest BCUT2D eigenvalue weighted by Crippen LogP contribution is -2.34. The van der Waals surface area contributed by atoms with Crippen molar-refractivity contribution in [2.24, 2.45) is 11.8 Å². The molecule has 2 aliphatic carbocycles. The van der Waals surface area contributed by atoms with E-state index in [-0.39, 0.29) is 16.2 Å². The Bertz CT molecular complexity index is 464. The molecule has 0 radical (unpaired) electrons. The van der Waals surface area contributed by atoms with Crippen molar-refractivity contribution in [2.45, 2.75) is 25.7 Å². The first kappa shape index (κ1) is 13.2. The van der Waals surface area contributed by atoms with Crippen molar-refractivity contribution >= 4 is 29.1 Å². The van der Waals surface area contributed by atoms with E-state index in [0.29, 0.717) is 17.4 Å². The molecule has 0 N–H and O–H groups in total. The summed E-state index contributed by atoms with van der Waals surface area (Å²) in [5.74, 6) is 1.41. The Labute approximate surface area is 122 Å². The van der Waals surface area contributed by atoms with Gasteiger partial charge < -0.3 is 4.90 Å². The van der Waals surface area contributed by atoms with Crippen LogP contribution in [-0.2, 0) is 0 Å². The summed E-state index contributed by atoms with van der Waals surface area (Å²) in [5.41, 5.74) is 0.548. The van der Waals surface area contributed by atoms with Crippen molar-refractivity contribution in [3.05, 3.63) is 28.0 Å². The summed E-state index contributed by atoms with van der Waals surface area (Å²) in [6.07, 6.45) is 4.97. The minimum Gasteiger partial charge on any atom is -0.338 e. The minimum absolute atomic E-state index is 0.0324. The van der Waals surface area contributed by atoms with Crippen molar-refractivity contribution in [1.82, 2.24) is 9.88 Å². The first-order valence-corrected chi connectivity index (χ1v) is 7.50. The summed E-state index contributed by atoms with van der Waals surface area (Å²) in [5, 5.41) is 0.544. The number of carbonyl (C=O) groups excluding carboxylic acids is 1. The van der Waals surface area contributed by atoms with Gasteiger partial charge in [0.25, 0.3) is 5.91 Å². The highest BCUT2D eigenvalue weighted by Crippen LogP contribution is 2.34. The minimum atomic E-state index is 0.0324. The molecule has 102 valence electrons. The van der Waals surface area contributed by atoms with Gasteiger partial charge in [0.05, 0.1) is 0 Å². The summed E-state index contributed by atoms with van der Waals surface area (Å²) in [7, 11) is 0. The van der Waals surface area contributed by atoms with E-state index in [2.05, 4.69) is 4.98 Å². The van der Waals surface area contributed by atoms with E-state index in [1.807, 2.05) is 4.90 Å². The number of hydrogen-bond donors (Lipinski definition) is 0. The van der Waals surface area contributed by atoms with Crippen LogP contribution in [0.4, 0.5) is 0 Å². The topological polar surface area (TPSA) is 33.2 Å². The van der Waals surface area contributed by atoms with Crippen LogP contribution in [0, 0.1) is 11.8 Å². The zero-order valence-corrected chi connectivity index (χ0v) is 12.1. The first-order chi connectivity index (χ1) is 9.11. The van der Waals surface area contributed by atoms with E-state index < -0.39 is 0 Å². The quantitative estimate of drug-likeness (QED) is 0.778. The molecule has 1 amide bonds. The fourth-order valence-electron chi connectivity index (χ4n) is 2.24. The van der Waals surface area contributed by atoms with Gasteiger partial charge in [-0.3, -0.25) is 4.79 Å². The van der Waals surface area contributed by atoms with Crippen LogP contribution in [0.5, 0.6) is 0 Å². The molecule has 0 bridgehead atoms. The molecule has 0 atom stereocenters. The van der Waals surface area contributed by atoms with Crippen LogP contribution in [0.1, 0.15) is 36.0 Å². The summed E-state index contributed by atoms with van der Waals surface area (Å²) in [6.45, 7) is 1.74. The number of nitrogens with zero attached hydrogens (tertiary/aromatic N) is 2. The molecule has 0 aliphatic heterocycles. The fourth-order valence-corrected chi connectivity index (χ4v) is 2.70. The monoisotopic (exact) mass is 298 g/mol. The number of amides is 1. The van der Waals surface area contributed by atoms with E-state index in [0.717, 1.165) is 13.1 Å². The number of aromatic nitrogens is 1. The van der Waals surface area contributed by atoms with Crippen LogP contribution in [0.2, 0.25) is 10.3 Å². The Balaban J connectivity index is 1.76. The smallest absolute Gasteiger partial charge is 0.254 e. The maximum Gasteiger partial charge on any atom is 0.254 e. The molecule has 3 nitrogen and oxygen atoms in total. The zero-order chi connectivity index (χ0) is 13.4. The molecule has 0 saturated heterocycles. The molecule has 2 saturated carbocycles. The normalized spacial score (nSPS) is 18.4. The second-order valence-corrected chi connectivity index (χ2v) is 6.37. The molecule has 3 rings (SSSR count). The molecule has 1 aromatic heterocycles. The van der Waals surface area contributed by atoms with Crippen molar-refractivity contribution < 1.29 is 4.79 Å². The Morgan fingerprint density at radius 1 is 1.11 bits per heavy atom. The first-order valence-electron chi connectivity index (χ1n) is 6.74. The molecule has 19 heavy (non-hydrogen) atoms. The second-order valence-electron chi connectivity index (χ2n) is 5.60. The van der Waals surface area contributed by atoms with E-state index in [1.165, 1.54) is 25.7 Å². The maximum absolute atomic E-state index is 12.6. The summed E-state index contributed by atoms with van der Waals surface area (Å²) < 4.78 is 0. The van der Waals surface area contributed by atoms with Gasteiger partial charge in [-0.25, -0.2) is 4.98 Å². The highest BCUT2D eigenvalue weighted by atomic mass is 35.5. The van der Waals surface area contributed by atoms with Gasteiger partial charge in [0, 0.05) is 18.7 Å². The molecule has 0 aromatic carbocycles. The van der Waals surface area contributed by atoms with Gasteiger partial charge in [-0.1, -0.05) is 23.2 Å². The van der Waals surface area contributed by atoms with Gasteiger partial charge in [0.15, 0.2) is 0 Å². The van der Waals surface area contributed by atoms with E-state index >= 15 is 0 Å². The average Bonchev–Trinajstić information content (AvgIpc) is 3.20. The van der Waals surface area contributed by atoms with Gasteiger partial charge >= 0.3 is 0 Å². The molecule has 0 unspecified atom stereocenters. The van der Waals surface area contributed by atoms with Crippen LogP contribution in [0.25, 0.3) is 0 Å². The number of rotatable bonds is 5. The number of pyridine rings is 1. The Morgan fingerprint density at radius 2 is 1.58 bits per heavy atom. The Kier molecular flexibility index (Phi) is 3.68. The molecule has 0 spiro atoms. The third kappa shape index (κ3) is 3.61. The predicted molar refractivity (Wildman–Crippen MR) is 75.6 cm³/mol. The number of carbonyl (C=O) groups is 1. The summed E-state index contributed by atoms with van der Waals surface area (Å²) in [6, 6.07) is 3.20. The van der Waals surface area contributed by atoms with Crippen LogP contribution in [0.15, 0.2) is 12.1 Å². The number of hydrogen-bond acceptors (Lipinski definition) is 2. The third-order valence-corrected chi connectivity index (χ3v) is 4.04. The zero-order valence-electron chi connectivity index (χ0n) is 10.6. The molecular formula is C14H16Cl2N2O. The van der Waals surface area contributed by atoms with Crippen molar-refractivity contribution in [2.75, 3.05) is 13.1 Å². The maximum atomic E-state index is 12.6. The fraction of sp³-hybridized carbons (Fsp3) is 0.571. The SMILES string of the molecule is O=C(c1cc(Cl)nc(Cl)c1)N(CC1CC1)CC1CC1. The largest absolute Gasteiger partial charge is 0.338 e. The summed E-state index contributed by atoms with van der Waals surface area (Å²) >= 11 is 11.7. The lowest BCUT2D eigenvalue weighted by molar-refractivity contribution is 0.0739. The lowest BCUT2D eigenvalue weighted by atomic mass is 10.2. The average molecular weight is 299 g/mol. The van der Waals surface area contributed by atoms with Gasteiger partial charge in [0.2, 0.25) is 0 Å². The van der Waals surface area contributed by atoms with Gasteiger partial charge in [-0.15, -0.1) is 0 Å². The van der Waals surface area contributed by atoms with E-state index in [1.54, 1.807) is 12.1 Å². The van der Waals surface area contributed by atoms with Crippen LogP contribution in [-0.4, -0.2) is 28.9 Å². The van der Waals surface area contributed by atoms with Gasteiger partial charge in [-0.05, 0) is 49.7 Å². The molecule has 5 heteroatoms. The van der Waals surface area contributed by atoms with Gasteiger partial charge in [0.1, 0.15) is 10.3 Å². The van der Waals surface area contributed by atoms with Crippen molar-refractivity contribution in [3.8, 4) is 0 Å². The Hall–Kier alpha value is -0.800. The molecule has 2 aliphatic rings. The predicted octanol–water partition coefficient (Wildman–Crippen LogP) is 3.65. The number of halogens is 2. The molecule has 2 fully saturated rings. The molecule has 1 aromatic rings. The highest BCUT2D eigenvalue weighted by molar-refractivity contribution is 6.33. The highest BCUT2D eigenvalue weighted by Gasteiger charge is 2.32. The van der Waals surface area contributed by atoms with Crippen LogP contribution < -0.4 is 0 Å². The molecule has 1 heterocycles. The van der Waals surface area contributed by atoms with E-state index in [4.69, 9.17) is 23.2 Å². The van der Waals surface area contributed by atoms with Crippen molar-refractivity contribution in [3.63, 3.8) is 0 Å². The van der Waals surface area contributed by atoms with Gasteiger partial charge in [-0.2, -0.15) is 0 Å². The second kappa shape index (κ2) is 5.29. The standard InChI is InChI=1S/C14H16Cl2N2O/c15-12-5-11(6-13(16)17-12)14(19)18(7-9-1-2-9)8-10-3-4-10/h5-6,9-10H,1-4,7-8H2. The van der Waals surface area contributed by atoms with E-state index in [9.17, 15) is 4.79 Å². The lowest BCUT2D eigenvalue weighted by Gasteiger charge is -2.22. The third-order valence-electron chi connectivity index (χ3n) is 3.65. The Morgan fingerprint density at radius 3 is 2.00 bits per heavy atom. The van der Waals surface area contributed by atoms with Crippen LogP contribution >= 0.6 is 23.2 Å². The van der Waals surface area contributed by atoms with Crippen LogP contribution in [0.3, 0.4) is 0 Å². The van der Waals surface area contributed by atoms with Crippen molar-refractivity contribution in [1.29, 1.82) is 0 Å². The summed E-state index contributed by atoms with van der Waals surface area (Å²) in [4.78, 5) is 18.4. The molecular weight excluding hydrogens is 283 g/mol.